The van der Waals surface area contributed by atoms with E-state index in [1.807, 2.05) is 19.0 Å². The largest absolute Gasteiger partial charge is 0.425 e. The second-order valence-electron chi connectivity index (χ2n) is 2.85. The van der Waals surface area contributed by atoms with Crippen LogP contribution < -0.4 is 4.90 Å². The molecule has 0 aromatic rings. The molecule has 0 aromatic heterocycles. The van der Waals surface area contributed by atoms with Gasteiger partial charge in [-0.2, -0.15) is 4.73 Å². The van der Waals surface area contributed by atoms with E-state index in [4.69, 9.17) is 0 Å². The molecule has 0 atom stereocenters. The first-order chi connectivity index (χ1) is 6.20. The van der Waals surface area contributed by atoms with Gasteiger partial charge in [0.25, 0.3) is 0 Å². The highest BCUT2D eigenvalue weighted by Gasteiger charge is 2.17. The lowest BCUT2D eigenvalue weighted by Gasteiger charge is -2.14. The van der Waals surface area contributed by atoms with E-state index in [0.29, 0.717) is 17.3 Å². The molecule has 13 heavy (non-hydrogen) atoms. The van der Waals surface area contributed by atoms with Crippen LogP contribution in [0.2, 0.25) is 0 Å². The average Bonchev–Trinajstić information content (AvgIpc) is 2.53. The summed E-state index contributed by atoms with van der Waals surface area (Å²) in [4.78, 5) is 13.7. The first-order valence-corrected chi connectivity index (χ1v) is 3.75. The van der Waals surface area contributed by atoms with Crippen molar-refractivity contribution in [3.63, 3.8) is 0 Å². The molecule has 0 radical (unpaired) electrons. The Labute approximate surface area is 74.8 Å². The lowest BCUT2D eigenvalue weighted by Crippen LogP contribution is -2.14. The van der Waals surface area contributed by atoms with Gasteiger partial charge in [0.15, 0.2) is 11.5 Å². The van der Waals surface area contributed by atoms with Gasteiger partial charge in [0.1, 0.15) is 12.7 Å². The average molecular weight is 179 g/mol. The molecule has 6 nitrogen and oxygen atoms in total. The smallest absolute Gasteiger partial charge is 0.201 e. The second kappa shape index (κ2) is 2.58. The number of hydrogen-bond acceptors (Lipinski definition) is 5. The standard InChI is InChI=1S/C7H9N5O/c1-11(2)6-5-7(9-3-8-5)12(13)4-10-6/h3-4,13H,1-2H3. The highest BCUT2D eigenvalue weighted by molar-refractivity contribution is 5.67. The number of imidazole rings is 1. The van der Waals surface area contributed by atoms with Gasteiger partial charge in [-0.15, -0.1) is 0 Å². The van der Waals surface area contributed by atoms with Gasteiger partial charge in [-0.05, 0) is 0 Å². The first kappa shape index (κ1) is 7.78. The van der Waals surface area contributed by atoms with Gasteiger partial charge in [0, 0.05) is 14.1 Å². The SMILES string of the molecule is CN(C)c1ncn(O)c2ncnc1-2. The molecule has 2 aliphatic rings. The van der Waals surface area contributed by atoms with Crippen molar-refractivity contribution in [3.8, 4) is 11.5 Å². The molecular weight excluding hydrogens is 170 g/mol. The molecule has 2 rings (SSSR count). The summed E-state index contributed by atoms with van der Waals surface area (Å²) in [5.41, 5.74) is 0.593. The van der Waals surface area contributed by atoms with E-state index in [9.17, 15) is 5.21 Å². The van der Waals surface area contributed by atoms with E-state index in [-0.39, 0.29) is 0 Å². The fourth-order valence-corrected chi connectivity index (χ4v) is 1.14. The Hall–Kier alpha value is -1.85. The number of aromatic nitrogens is 4. The van der Waals surface area contributed by atoms with Crippen LogP contribution >= 0.6 is 0 Å². The zero-order valence-electron chi connectivity index (χ0n) is 7.34. The number of fused-ring (bicyclic) bond motifs is 1. The van der Waals surface area contributed by atoms with Gasteiger partial charge < -0.3 is 10.1 Å². The molecular formula is C7H9N5O. The Morgan fingerprint density at radius 2 is 2.08 bits per heavy atom. The van der Waals surface area contributed by atoms with E-state index in [1.165, 1.54) is 12.7 Å². The second-order valence-corrected chi connectivity index (χ2v) is 2.85. The molecule has 0 unspecified atom stereocenters. The van der Waals surface area contributed by atoms with Crippen molar-refractivity contribution in [1.82, 2.24) is 19.7 Å². The summed E-state index contributed by atoms with van der Waals surface area (Å²) in [5.74, 6) is 1.11. The lowest BCUT2D eigenvalue weighted by atomic mass is 10.4. The zero-order valence-corrected chi connectivity index (χ0v) is 7.34. The zero-order chi connectivity index (χ0) is 9.42. The summed E-state index contributed by atoms with van der Waals surface area (Å²) < 4.78 is 0.856. The predicted octanol–water partition coefficient (Wildman–Crippen LogP) is 0.0812. The van der Waals surface area contributed by atoms with Crippen LogP contribution in [-0.4, -0.2) is 39.0 Å². The van der Waals surface area contributed by atoms with E-state index in [2.05, 4.69) is 15.0 Å². The normalized spacial score (nSPS) is 10.6. The van der Waals surface area contributed by atoms with Crippen LogP contribution in [0.25, 0.3) is 11.5 Å². The number of rotatable bonds is 1. The number of anilines is 1. The molecule has 2 heterocycles. The molecule has 0 fully saturated rings. The molecule has 0 aromatic carbocycles. The van der Waals surface area contributed by atoms with E-state index < -0.39 is 0 Å². The molecule has 0 bridgehead atoms. The minimum atomic E-state index is 0.415. The summed E-state index contributed by atoms with van der Waals surface area (Å²) >= 11 is 0. The van der Waals surface area contributed by atoms with Gasteiger partial charge >= 0.3 is 0 Å². The fourth-order valence-electron chi connectivity index (χ4n) is 1.14. The maximum atomic E-state index is 9.30. The highest BCUT2D eigenvalue weighted by Crippen LogP contribution is 2.24. The molecule has 0 saturated heterocycles. The quantitative estimate of drug-likeness (QED) is 0.628. The maximum absolute atomic E-state index is 9.30. The molecule has 0 amide bonds. The lowest BCUT2D eigenvalue weighted by molar-refractivity contribution is 0.183. The molecule has 1 N–H and O–H groups in total. The van der Waals surface area contributed by atoms with Crippen molar-refractivity contribution >= 4 is 5.82 Å². The van der Waals surface area contributed by atoms with Crippen molar-refractivity contribution in [2.45, 2.75) is 0 Å². The van der Waals surface area contributed by atoms with Crippen LogP contribution in [0.5, 0.6) is 0 Å². The van der Waals surface area contributed by atoms with Crippen LogP contribution in [0.1, 0.15) is 0 Å². The van der Waals surface area contributed by atoms with Gasteiger partial charge in [0.2, 0.25) is 5.82 Å². The molecule has 0 spiro atoms. The van der Waals surface area contributed by atoms with E-state index in [1.54, 1.807) is 0 Å². The van der Waals surface area contributed by atoms with Gasteiger partial charge in [-0.25, -0.2) is 15.0 Å². The summed E-state index contributed by atoms with van der Waals surface area (Å²) in [6, 6.07) is 0. The summed E-state index contributed by atoms with van der Waals surface area (Å²) in [6.45, 7) is 0. The third kappa shape index (κ3) is 1.07. The maximum Gasteiger partial charge on any atom is 0.201 e. The predicted molar refractivity (Wildman–Crippen MR) is 46.0 cm³/mol. The molecule has 2 aliphatic heterocycles. The molecule has 6 heteroatoms. The Bertz CT molecular complexity index is 396. The monoisotopic (exact) mass is 179 g/mol. The van der Waals surface area contributed by atoms with Gasteiger partial charge in [-0.1, -0.05) is 0 Å². The summed E-state index contributed by atoms with van der Waals surface area (Å²) in [7, 11) is 3.72. The third-order valence-electron chi connectivity index (χ3n) is 1.72. The molecule has 0 aliphatic carbocycles. The number of hydrogen-bond donors (Lipinski definition) is 1. The Kier molecular flexibility index (Phi) is 1.54. The highest BCUT2D eigenvalue weighted by atomic mass is 16.5. The van der Waals surface area contributed by atoms with Crippen LogP contribution in [0.4, 0.5) is 5.82 Å². The minimum Gasteiger partial charge on any atom is -0.425 e. The Morgan fingerprint density at radius 3 is 2.77 bits per heavy atom. The minimum absolute atomic E-state index is 0.415. The van der Waals surface area contributed by atoms with E-state index >= 15 is 0 Å². The Balaban J connectivity index is 2.68. The van der Waals surface area contributed by atoms with Crippen LogP contribution in [0, 0.1) is 0 Å². The Morgan fingerprint density at radius 1 is 1.31 bits per heavy atom. The van der Waals surface area contributed by atoms with Crippen LogP contribution in [-0.2, 0) is 0 Å². The molecule has 0 saturated carbocycles. The van der Waals surface area contributed by atoms with Crippen molar-refractivity contribution < 1.29 is 5.21 Å². The summed E-state index contributed by atoms with van der Waals surface area (Å²) in [5, 5.41) is 9.30. The van der Waals surface area contributed by atoms with Crippen molar-refractivity contribution in [2.24, 2.45) is 0 Å². The van der Waals surface area contributed by atoms with Crippen LogP contribution in [0.15, 0.2) is 12.7 Å². The topological polar surface area (TPSA) is 67.1 Å². The number of nitrogens with zero attached hydrogens (tertiary/aromatic N) is 5. The third-order valence-corrected chi connectivity index (χ3v) is 1.72. The van der Waals surface area contributed by atoms with Crippen LogP contribution in [0.3, 0.4) is 0 Å². The van der Waals surface area contributed by atoms with Gasteiger partial charge in [-0.3, -0.25) is 0 Å². The van der Waals surface area contributed by atoms with Gasteiger partial charge in [0.05, 0.1) is 0 Å². The fraction of sp³-hybridized carbons (Fsp3) is 0.286. The van der Waals surface area contributed by atoms with E-state index in [0.717, 1.165) is 4.73 Å². The van der Waals surface area contributed by atoms with Crippen molar-refractivity contribution in [1.29, 1.82) is 0 Å². The first-order valence-electron chi connectivity index (χ1n) is 3.75. The summed E-state index contributed by atoms with van der Waals surface area (Å²) in [6.07, 6.45) is 2.69. The van der Waals surface area contributed by atoms with Crippen molar-refractivity contribution in [2.75, 3.05) is 19.0 Å². The van der Waals surface area contributed by atoms with Crippen molar-refractivity contribution in [3.05, 3.63) is 12.7 Å². The molecule has 68 valence electrons.